The summed E-state index contributed by atoms with van der Waals surface area (Å²) in [4.78, 5) is 11.5. The summed E-state index contributed by atoms with van der Waals surface area (Å²) in [6.07, 6.45) is 2.08. The molecule has 2 rings (SSSR count). The third-order valence-electron chi connectivity index (χ3n) is 4.74. The number of hydrogen-bond donors (Lipinski definition) is 1. The Kier molecular flexibility index (Phi) is 9.07. The Morgan fingerprint density at radius 1 is 1.29 bits per heavy atom. The van der Waals surface area contributed by atoms with Crippen molar-refractivity contribution in [3.63, 3.8) is 0 Å². The first kappa shape index (κ1) is 21.2. The molecule has 0 aromatic carbocycles. The van der Waals surface area contributed by atoms with Gasteiger partial charge in [-0.15, -0.1) is 24.0 Å². The topological polar surface area (TPSA) is 39.0 Å². The zero-order valence-corrected chi connectivity index (χ0v) is 18.0. The Hall–Kier alpha value is -0.800. The van der Waals surface area contributed by atoms with E-state index >= 15 is 0 Å². The van der Waals surface area contributed by atoms with Crippen LogP contribution in [0, 0.1) is 0 Å². The molecule has 1 aromatic rings. The highest BCUT2D eigenvalue weighted by Gasteiger charge is 2.19. The van der Waals surface area contributed by atoms with Gasteiger partial charge in [-0.1, -0.05) is 0 Å². The number of hydrogen-bond acceptors (Lipinski definition) is 3. The molecule has 0 spiro atoms. The predicted molar refractivity (Wildman–Crippen MR) is 112 cm³/mol. The Morgan fingerprint density at radius 2 is 1.96 bits per heavy atom. The first-order chi connectivity index (χ1) is 11.0. The highest BCUT2D eigenvalue weighted by Crippen LogP contribution is 2.06. The van der Waals surface area contributed by atoms with Gasteiger partial charge in [0.25, 0.3) is 0 Å². The van der Waals surface area contributed by atoms with Gasteiger partial charge in [-0.05, 0) is 26.1 Å². The van der Waals surface area contributed by atoms with Crippen LogP contribution in [0.5, 0.6) is 0 Å². The number of nitrogens with one attached hydrogen (secondary N) is 1. The third kappa shape index (κ3) is 5.93. The minimum atomic E-state index is 0. The zero-order valence-electron chi connectivity index (χ0n) is 15.7. The largest absolute Gasteiger partial charge is 0.355 e. The molecule has 0 saturated carbocycles. The summed E-state index contributed by atoms with van der Waals surface area (Å²) in [6.45, 7) is 8.69. The fraction of sp³-hybridized carbons (Fsp3) is 0.706. The molecule has 1 atom stereocenters. The van der Waals surface area contributed by atoms with Crippen molar-refractivity contribution >= 4 is 29.9 Å². The quantitative estimate of drug-likeness (QED) is 0.419. The van der Waals surface area contributed by atoms with Crippen LogP contribution < -0.4 is 5.32 Å². The summed E-state index contributed by atoms with van der Waals surface area (Å²) in [6, 6.07) is 4.75. The van der Waals surface area contributed by atoms with Crippen LogP contribution in [0.25, 0.3) is 0 Å². The first-order valence-corrected chi connectivity index (χ1v) is 8.46. The lowest BCUT2D eigenvalue weighted by atomic mass is 10.2. The molecule has 1 aliphatic rings. The molecule has 138 valence electrons. The van der Waals surface area contributed by atoms with Gasteiger partial charge >= 0.3 is 0 Å². The number of aromatic nitrogens is 1. The Bertz CT molecular complexity index is 507. The number of rotatable bonds is 5. The lowest BCUT2D eigenvalue weighted by Crippen LogP contribution is -2.52. The highest BCUT2D eigenvalue weighted by atomic mass is 127. The molecule has 6 nitrogen and oxygen atoms in total. The van der Waals surface area contributed by atoms with Crippen LogP contribution in [0.2, 0.25) is 0 Å². The lowest BCUT2D eigenvalue weighted by Gasteiger charge is -2.37. The van der Waals surface area contributed by atoms with Gasteiger partial charge in [-0.25, -0.2) is 0 Å². The zero-order chi connectivity index (χ0) is 16.8. The van der Waals surface area contributed by atoms with E-state index in [1.807, 2.05) is 7.05 Å². The summed E-state index contributed by atoms with van der Waals surface area (Å²) in [7, 11) is 8.21. The van der Waals surface area contributed by atoms with Crippen LogP contribution in [0.4, 0.5) is 0 Å². The second-order valence-electron chi connectivity index (χ2n) is 6.58. The van der Waals surface area contributed by atoms with Crippen LogP contribution in [0.15, 0.2) is 23.3 Å². The number of aryl methyl sites for hydroxylation is 1. The number of nitrogens with zero attached hydrogens (tertiary/aromatic N) is 5. The van der Waals surface area contributed by atoms with E-state index in [1.54, 1.807) is 0 Å². The van der Waals surface area contributed by atoms with Crippen LogP contribution in [0.3, 0.4) is 0 Å². The van der Waals surface area contributed by atoms with Crippen molar-refractivity contribution in [2.24, 2.45) is 12.0 Å². The standard InChI is InChI=1S/C17H32N6.HI/c1-15(23-11-9-20(3)10-12-23)13-19-17(18-2)22(5)14-16-7-6-8-21(16)4;/h6-8,15H,9-14H2,1-5H3,(H,18,19);1H. The van der Waals surface area contributed by atoms with Gasteiger partial charge in [0.2, 0.25) is 0 Å². The van der Waals surface area contributed by atoms with Crippen molar-refractivity contribution in [1.29, 1.82) is 0 Å². The minimum absolute atomic E-state index is 0. The van der Waals surface area contributed by atoms with E-state index in [0.29, 0.717) is 6.04 Å². The number of piperazine rings is 1. The molecule has 0 radical (unpaired) electrons. The molecule has 1 unspecified atom stereocenters. The maximum atomic E-state index is 4.42. The molecule has 1 saturated heterocycles. The van der Waals surface area contributed by atoms with E-state index in [0.717, 1.165) is 45.2 Å². The van der Waals surface area contributed by atoms with E-state index < -0.39 is 0 Å². The van der Waals surface area contributed by atoms with Gasteiger partial charge in [-0.3, -0.25) is 9.89 Å². The Morgan fingerprint density at radius 3 is 2.50 bits per heavy atom. The number of halogens is 1. The average molecular weight is 448 g/mol. The highest BCUT2D eigenvalue weighted by molar-refractivity contribution is 14.0. The molecule has 1 aliphatic heterocycles. The fourth-order valence-electron chi connectivity index (χ4n) is 2.99. The predicted octanol–water partition coefficient (Wildman–Crippen LogP) is 1.29. The molecule has 1 aromatic heterocycles. The van der Waals surface area contributed by atoms with Crippen LogP contribution in [-0.4, -0.2) is 85.1 Å². The molecule has 1 N–H and O–H groups in total. The lowest BCUT2D eigenvalue weighted by molar-refractivity contribution is 0.119. The third-order valence-corrected chi connectivity index (χ3v) is 4.74. The summed E-state index contributed by atoms with van der Waals surface area (Å²) >= 11 is 0. The van der Waals surface area contributed by atoms with Gasteiger partial charge in [-0.2, -0.15) is 0 Å². The molecular formula is C17H33IN6. The molecular weight excluding hydrogens is 415 g/mol. The molecule has 1 fully saturated rings. The fourth-order valence-corrected chi connectivity index (χ4v) is 2.99. The van der Waals surface area contributed by atoms with Crippen LogP contribution >= 0.6 is 24.0 Å². The second-order valence-corrected chi connectivity index (χ2v) is 6.58. The summed E-state index contributed by atoms with van der Waals surface area (Å²) in [5.74, 6) is 0.951. The Labute approximate surface area is 163 Å². The van der Waals surface area contributed by atoms with Crippen LogP contribution in [0.1, 0.15) is 12.6 Å². The van der Waals surface area contributed by atoms with Crippen molar-refractivity contribution in [1.82, 2.24) is 24.6 Å². The molecule has 24 heavy (non-hydrogen) atoms. The van der Waals surface area contributed by atoms with Gasteiger partial charge in [0, 0.05) is 71.8 Å². The van der Waals surface area contributed by atoms with E-state index in [1.165, 1.54) is 5.69 Å². The number of aliphatic imine (C=N–C) groups is 1. The van der Waals surface area contributed by atoms with E-state index in [4.69, 9.17) is 0 Å². The van der Waals surface area contributed by atoms with Crippen molar-refractivity contribution in [3.8, 4) is 0 Å². The van der Waals surface area contributed by atoms with E-state index in [9.17, 15) is 0 Å². The molecule has 0 amide bonds. The van der Waals surface area contributed by atoms with Gasteiger partial charge < -0.3 is 19.7 Å². The van der Waals surface area contributed by atoms with Crippen molar-refractivity contribution in [2.75, 3.05) is 53.9 Å². The number of likely N-dealkylation sites (N-methyl/N-ethyl adjacent to an activating group) is 1. The van der Waals surface area contributed by atoms with Gasteiger partial charge in [0.05, 0.1) is 6.54 Å². The van der Waals surface area contributed by atoms with Gasteiger partial charge in [0.1, 0.15) is 0 Å². The normalized spacial score (nSPS) is 18.1. The smallest absolute Gasteiger partial charge is 0.193 e. The average Bonchev–Trinajstić information content (AvgIpc) is 2.93. The van der Waals surface area contributed by atoms with Crippen LogP contribution in [-0.2, 0) is 13.6 Å². The SMILES string of the molecule is CN=C(NCC(C)N1CCN(C)CC1)N(C)Cc1cccn1C.I. The monoisotopic (exact) mass is 448 g/mol. The van der Waals surface area contributed by atoms with E-state index in [-0.39, 0.29) is 24.0 Å². The number of guanidine groups is 1. The van der Waals surface area contributed by atoms with Crippen molar-refractivity contribution in [2.45, 2.75) is 19.5 Å². The maximum absolute atomic E-state index is 4.42. The van der Waals surface area contributed by atoms with E-state index in [2.05, 4.69) is 76.0 Å². The van der Waals surface area contributed by atoms with Crippen molar-refractivity contribution in [3.05, 3.63) is 24.0 Å². The first-order valence-electron chi connectivity index (χ1n) is 8.46. The maximum Gasteiger partial charge on any atom is 0.193 e. The molecule has 0 bridgehead atoms. The second kappa shape index (κ2) is 10.2. The summed E-state index contributed by atoms with van der Waals surface area (Å²) < 4.78 is 2.15. The summed E-state index contributed by atoms with van der Waals surface area (Å²) in [5.41, 5.74) is 1.28. The summed E-state index contributed by atoms with van der Waals surface area (Å²) in [5, 5.41) is 3.52. The van der Waals surface area contributed by atoms with Gasteiger partial charge in [0.15, 0.2) is 5.96 Å². The Balaban J connectivity index is 0.00000288. The molecule has 0 aliphatic carbocycles. The van der Waals surface area contributed by atoms with Crippen molar-refractivity contribution < 1.29 is 0 Å². The molecule has 2 heterocycles. The molecule has 7 heteroatoms. The minimum Gasteiger partial charge on any atom is -0.355 e.